The summed E-state index contributed by atoms with van der Waals surface area (Å²) in [5, 5.41) is 13.1. The Morgan fingerprint density at radius 3 is 2.48 bits per heavy atom. The van der Waals surface area contributed by atoms with Crippen LogP contribution in [0.5, 0.6) is 0 Å². The molecular formula is C23H26N6O2. The Hall–Kier alpha value is -3.68. The molecule has 8 heteroatoms. The van der Waals surface area contributed by atoms with Crippen molar-refractivity contribution >= 4 is 11.9 Å². The molecule has 3 amide bonds. The number of urea groups is 1. The molecule has 0 aliphatic carbocycles. The number of aromatic amines is 1. The maximum absolute atomic E-state index is 13.0. The van der Waals surface area contributed by atoms with E-state index in [2.05, 4.69) is 25.8 Å². The van der Waals surface area contributed by atoms with E-state index in [0.29, 0.717) is 36.7 Å². The Labute approximate surface area is 181 Å². The number of aryl methyl sites for hydroxylation is 1. The first-order valence-corrected chi connectivity index (χ1v) is 10.4. The van der Waals surface area contributed by atoms with Crippen molar-refractivity contribution in [1.82, 2.24) is 30.7 Å². The summed E-state index contributed by atoms with van der Waals surface area (Å²) in [6, 6.07) is 18.4. The number of nitrogens with zero attached hydrogens (tertiary/aromatic N) is 3. The molecule has 2 aromatic carbocycles. The molecule has 1 fully saturated rings. The standard InChI is InChI=1S/C23H26N6O2/c1-16-25-21(28-27-16)20-14-19(26-22(30)18-10-6-3-7-11-18)15-29(20)23(31)24-13-12-17-8-4-2-5-9-17/h2-11,19-20H,12-15H2,1H3,(H,24,31)(H,26,30)(H,25,27,28)/t19-,20-/m0/s1. The zero-order chi connectivity index (χ0) is 21.6. The van der Waals surface area contributed by atoms with E-state index >= 15 is 0 Å². The summed E-state index contributed by atoms with van der Waals surface area (Å²) >= 11 is 0. The van der Waals surface area contributed by atoms with Crippen molar-refractivity contribution in [2.75, 3.05) is 13.1 Å². The van der Waals surface area contributed by atoms with Crippen molar-refractivity contribution in [3.63, 3.8) is 0 Å². The summed E-state index contributed by atoms with van der Waals surface area (Å²) in [5.41, 5.74) is 1.76. The van der Waals surface area contributed by atoms with Crippen LogP contribution in [-0.2, 0) is 6.42 Å². The fourth-order valence-corrected chi connectivity index (χ4v) is 3.84. The van der Waals surface area contributed by atoms with Crippen molar-refractivity contribution in [2.24, 2.45) is 0 Å². The van der Waals surface area contributed by atoms with Gasteiger partial charge in [0.2, 0.25) is 0 Å². The molecule has 2 heterocycles. The molecule has 1 saturated heterocycles. The molecule has 0 saturated carbocycles. The van der Waals surface area contributed by atoms with E-state index < -0.39 is 0 Å². The zero-order valence-electron chi connectivity index (χ0n) is 17.4. The van der Waals surface area contributed by atoms with Crippen molar-refractivity contribution in [2.45, 2.75) is 31.8 Å². The topological polar surface area (TPSA) is 103 Å². The summed E-state index contributed by atoms with van der Waals surface area (Å²) in [4.78, 5) is 31.7. The maximum atomic E-state index is 13.0. The first-order valence-electron chi connectivity index (χ1n) is 10.4. The van der Waals surface area contributed by atoms with Gasteiger partial charge in [-0.05, 0) is 37.5 Å². The smallest absolute Gasteiger partial charge is 0.318 e. The van der Waals surface area contributed by atoms with Crippen molar-refractivity contribution in [1.29, 1.82) is 0 Å². The van der Waals surface area contributed by atoms with Crippen LogP contribution >= 0.6 is 0 Å². The third-order valence-electron chi connectivity index (χ3n) is 5.38. The van der Waals surface area contributed by atoms with Gasteiger partial charge >= 0.3 is 6.03 Å². The number of hydrogen-bond acceptors (Lipinski definition) is 4. The van der Waals surface area contributed by atoms with Gasteiger partial charge in [-0.2, -0.15) is 5.10 Å². The first-order chi connectivity index (χ1) is 15.1. The zero-order valence-corrected chi connectivity index (χ0v) is 17.4. The van der Waals surface area contributed by atoms with Gasteiger partial charge in [0.25, 0.3) is 5.91 Å². The molecular weight excluding hydrogens is 392 g/mol. The number of H-pyrrole nitrogens is 1. The number of hydrogen-bond donors (Lipinski definition) is 3. The molecule has 3 aromatic rings. The van der Waals surface area contributed by atoms with E-state index in [9.17, 15) is 9.59 Å². The Bertz CT molecular complexity index is 1020. The number of aromatic nitrogens is 3. The van der Waals surface area contributed by atoms with Crippen molar-refractivity contribution < 1.29 is 9.59 Å². The van der Waals surface area contributed by atoms with E-state index in [1.54, 1.807) is 17.0 Å². The lowest BCUT2D eigenvalue weighted by Gasteiger charge is -2.23. The molecule has 0 spiro atoms. The Morgan fingerprint density at radius 1 is 1.10 bits per heavy atom. The lowest BCUT2D eigenvalue weighted by Crippen LogP contribution is -2.43. The second-order valence-electron chi connectivity index (χ2n) is 7.69. The molecule has 160 valence electrons. The second-order valence-corrected chi connectivity index (χ2v) is 7.69. The van der Waals surface area contributed by atoms with Gasteiger partial charge in [-0.15, -0.1) is 0 Å². The van der Waals surface area contributed by atoms with Crippen LogP contribution in [0.2, 0.25) is 0 Å². The van der Waals surface area contributed by atoms with Crippen LogP contribution in [0.15, 0.2) is 60.7 Å². The number of likely N-dealkylation sites (tertiary alicyclic amines) is 1. The van der Waals surface area contributed by atoms with E-state index in [4.69, 9.17) is 0 Å². The monoisotopic (exact) mass is 418 g/mol. The molecule has 1 aliphatic rings. The quantitative estimate of drug-likeness (QED) is 0.572. The SMILES string of the molecule is Cc1nc([C@@H]2C[C@H](NC(=O)c3ccccc3)CN2C(=O)NCCc2ccccc2)n[nH]1. The van der Waals surface area contributed by atoms with Gasteiger partial charge in [0.15, 0.2) is 5.82 Å². The summed E-state index contributed by atoms with van der Waals surface area (Å²) in [5.74, 6) is 1.10. The fourth-order valence-electron chi connectivity index (χ4n) is 3.84. The van der Waals surface area contributed by atoms with E-state index in [-0.39, 0.29) is 24.0 Å². The van der Waals surface area contributed by atoms with Gasteiger partial charge in [-0.25, -0.2) is 9.78 Å². The molecule has 31 heavy (non-hydrogen) atoms. The van der Waals surface area contributed by atoms with Gasteiger partial charge < -0.3 is 15.5 Å². The van der Waals surface area contributed by atoms with Crippen LogP contribution < -0.4 is 10.6 Å². The summed E-state index contributed by atoms with van der Waals surface area (Å²) < 4.78 is 0. The summed E-state index contributed by atoms with van der Waals surface area (Å²) in [6.07, 6.45) is 1.31. The molecule has 1 aromatic heterocycles. The third-order valence-corrected chi connectivity index (χ3v) is 5.38. The Morgan fingerprint density at radius 2 is 1.81 bits per heavy atom. The normalized spacial score (nSPS) is 18.0. The number of rotatable bonds is 6. The van der Waals surface area contributed by atoms with Crippen LogP contribution in [0.4, 0.5) is 4.79 Å². The van der Waals surface area contributed by atoms with Crippen LogP contribution in [0.1, 0.15) is 40.0 Å². The number of carbonyl (C=O) groups is 2. The van der Waals surface area contributed by atoms with Crippen LogP contribution in [0.3, 0.4) is 0 Å². The number of benzene rings is 2. The molecule has 2 atom stereocenters. The average Bonchev–Trinajstić information content (AvgIpc) is 3.41. The highest BCUT2D eigenvalue weighted by Crippen LogP contribution is 2.30. The maximum Gasteiger partial charge on any atom is 0.318 e. The lowest BCUT2D eigenvalue weighted by molar-refractivity contribution is 0.0938. The number of amides is 3. The molecule has 0 unspecified atom stereocenters. The summed E-state index contributed by atoms with van der Waals surface area (Å²) in [7, 11) is 0. The molecule has 0 radical (unpaired) electrons. The van der Waals surface area contributed by atoms with Crippen molar-refractivity contribution in [3.05, 3.63) is 83.4 Å². The molecule has 8 nitrogen and oxygen atoms in total. The van der Waals surface area contributed by atoms with Gasteiger partial charge in [-0.3, -0.25) is 9.89 Å². The minimum atomic E-state index is -0.303. The minimum Gasteiger partial charge on any atom is -0.347 e. The highest BCUT2D eigenvalue weighted by Gasteiger charge is 2.39. The Balaban J connectivity index is 1.42. The molecule has 0 bridgehead atoms. The van der Waals surface area contributed by atoms with E-state index in [0.717, 1.165) is 6.42 Å². The predicted octanol–water partition coefficient (Wildman–Crippen LogP) is 2.61. The predicted molar refractivity (Wildman–Crippen MR) is 116 cm³/mol. The van der Waals surface area contributed by atoms with Crippen molar-refractivity contribution in [3.8, 4) is 0 Å². The van der Waals surface area contributed by atoms with Crippen LogP contribution in [0.25, 0.3) is 0 Å². The lowest BCUT2D eigenvalue weighted by atomic mass is 10.1. The van der Waals surface area contributed by atoms with E-state index in [1.807, 2.05) is 55.5 Å². The average molecular weight is 419 g/mol. The second kappa shape index (κ2) is 9.42. The van der Waals surface area contributed by atoms with Crippen LogP contribution in [-0.4, -0.2) is 51.2 Å². The molecule has 4 rings (SSSR count). The highest BCUT2D eigenvalue weighted by molar-refractivity contribution is 5.94. The summed E-state index contributed by atoms with van der Waals surface area (Å²) in [6.45, 7) is 2.75. The number of carbonyl (C=O) groups excluding carboxylic acids is 2. The first kappa shape index (κ1) is 20.6. The highest BCUT2D eigenvalue weighted by atomic mass is 16.2. The van der Waals surface area contributed by atoms with Gasteiger partial charge in [0.05, 0.1) is 6.04 Å². The third kappa shape index (κ3) is 5.09. The minimum absolute atomic E-state index is 0.151. The van der Waals surface area contributed by atoms with Gasteiger partial charge in [0.1, 0.15) is 5.82 Å². The molecule has 3 N–H and O–H groups in total. The van der Waals surface area contributed by atoms with E-state index in [1.165, 1.54) is 5.56 Å². The Kier molecular flexibility index (Phi) is 6.26. The fraction of sp³-hybridized carbons (Fsp3) is 0.304. The largest absolute Gasteiger partial charge is 0.347 e. The van der Waals surface area contributed by atoms with Gasteiger partial charge in [-0.1, -0.05) is 48.5 Å². The number of nitrogens with one attached hydrogen (secondary N) is 3. The van der Waals surface area contributed by atoms with Gasteiger partial charge in [0, 0.05) is 24.7 Å². The van der Waals surface area contributed by atoms with Crippen LogP contribution in [0, 0.1) is 6.92 Å². The molecule has 1 aliphatic heterocycles.